The minimum absolute atomic E-state index is 0.340. The van der Waals surface area contributed by atoms with Crippen LogP contribution in [0.2, 0.25) is 0 Å². The Hall–Kier alpha value is -0.990. The van der Waals surface area contributed by atoms with Crippen molar-refractivity contribution in [2.45, 2.75) is 6.42 Å². The third-order valence-electron chi connectivity index (χ3n) is 1.29. The maximum Gasteiger partial charge on any atom is 0.315 e. The minimum Gasteiger partial charge on any atom is -0.351 e. The SMILES string of the molecule is NC(=O)N1CC=[C]CC1. The number of amides is 2. The van der Waals surface area contributed by atoms with Gasteiger partial charge in [0.25, 0.3) is 0 Å². The number of nitrogens with two attached hydrogens (primary N) is 1. The van der Waals surface area contributed by atoms with Gasteiger partial charge < -0.3 is 10.6 Å². The Morgan fingerprint density at radius 3 is 2.89 bits per heavy atom. The quantitative estimate of drug-likeness (QED) is 0.491. The maximum absolute atomic E-state index is 10.5. The lowest BCUT2D eigenvalue weighted by atomic mass is 10.3. The lowest BCUT2D eigenvalue weighted by Gasteiger charge is -2.19. The van der Waals surface area contributed by atoms with Gasteiger partial charge in [-0.1, -0.05) is 6.08 Å². The molecule has 0 unspecified atom stereocenters. The molecule has 3 nitrogen and oxygen atoms in total. The summed E-state index contributed by atoms with van der Waals surface area (Å²) >= 11 is 0. The summed E-state index contributed by atoms with van der Waals surface area (Å²) < 4.78 is 0. The van der Waals surface area contributed by atoms with E-state index in [1.165, 1.54) is 0 Å². The molecule has 1 aliphatic rings. The van der Waals surface area contributed by atoms with Crippen LogP contribution >= 0.6 is 0 Å². The molecule has 0 aliphatic carbocycles. The highest BCUT2D eigenvalue weighted by molar-refractivity contribution is 5.72. The van der Waals surface area contributed by atoms with E-state index in [1.54, 1.807) is 4.90 Å². The molecule has 1 radical (unpaired) electrons. The van der Waals surface area contributed by atoms with Gasteiger partial charge in [0, 0.05) is 13.1 Å². The topological polar surface area (TPSA) is 46.3 Å². The number of nitrogens with zero attached hydrogens (tertiary/aromatic N) is 1. The summed E-state index contributed by atoms with van der Waals surface area (Å²) in [6.45, 7) is 1.33. The molecule has 0 aromatic rings. The second kappa shape index (κ2) is 2.53. The molecule has 2 amide bonds. The molecule has 0 bridgehead atoms. The highest BCUT2D eigenvalue weighted by Gasteiger charge is 2.08. The fourth-order valence-corrected chi connectivity index (χ4v) is 0.768. The molecule has 1 rings (SSSR count). The molecule has 0 aromatic heterocycles. The summed E-state index contributed by atoms with van der Waals surface area (Å²) in [6, 6.07) is -0.340. The summed E-state index contributed by atoms with van der Waals surface area (Å²) in [5.41, 5.74) is 5.01. The molecule has 0 saturated carbocycles. The van der Waals surface area contributed by atoms with E-state index in [9.17, 15) is 4.79 Å². The molecular weight excluding hydrogens is 116 g/mol. The van der Waals surface area contributed by atoms with Crippen LogP contribution in [-0.4, -0.2) is 24.0 Å². The Balaban J connectivity index is 2.44. The maximum atomic E-state index is 10.5. The van der Waals surface area contributed by atoms with Crippen molar-refractivity contribution in [3.8, 4) is 0 Å². The third kappa shape index (κ3) is 1.45. The minimum atomic E-state index is -0.340. The van der Waals surface area contributed by atoms with Crippen molar-refractivity contribution in [3.05, 3.63) is 12.2 Å². The standard InChI is InChI=1S/C6H9N2O/c7-6(9)8-4-2-1-3-5-8/h2H,3-5H2,(H2,7,9). The summed E-state index contributed by atoms with van der Waals surface area (Å²) in [6.07, 6.45) is 5.63. The van der Waals surface area contributed by atoms with Crippen LogP contribution < -0.4 is 5.73 Å². The normalized spacial score (nSPS) is 18.0. The van der Waals surface area contributed by atoms with Gasteiger partial charge in [-0.3, -0.25) is 0 Å². The van der Waals surface area contributed by atoms with Crippen molar-refractivity contribution in [2.75, 3.05) is 13.1 Å². The number of urea groups is 1. The number of carbonyl (C=O) groups excluding carboxylic acids is 1. The lowest BCUT2D eigenvalue weighted by Crippen LogP contribution is -2.37. The Morgan fingerprint density at radius 1 is 1.78 bits per heavy atom. The van der Waals surface area contributed by atoms with E-state index in [4.69, 9.17) is 5.73 Å². The van der Waals surface area contributed by atoms with Crippen LogP contribution in [0.15, 0.2) is 6.08 Å². The van der Waals surface area contributed by atoms with Gasteiger partial charge in [0.1, 0.15) is 0 Å². The van der Waals surface area contributed by atoms with Crippen LogP contribution in [0.5, 0.6) is 0 Å². The summed E-state index contributed by atoms with van der Waals surface area (Å²) in [5, 5.41) is 0. The van der Waals surface area contributed by atoms with Crippen LogP contribution in [-0.2, 0) is 0 Å². The molecule has 9 heavy (non-hydrogen) atoms. The van der Waals surface area contributed by atoms with Crippen LogP contribution in [0.4, 0.5) is 4.79 Å². The second-order valence-corrected chi connectivity index (χ2v) is 1.94. The monoisotopic (exact) mass is 125 g/mol. The van der Waals surface area contributed by atoms with Gasteiger partial charge in [0.05, 0.1) is 0 Å². The van der Waals surface area contributed by atoms with Crippen molar-refractivity contribution in [3.63, 3.8) is 0 Å². The van der Waals surface area contributed by atoms with Gasteiger partial charge >= 0.3 is 6.03 Å². The fourth-order valence-electron chi connectivity index (χ4n) is 0.768. The summed E-state index contributed by atoms with van der Waals surface area (Å²) in [7, 11) is 0. The zero-order valence-corrected chi connectivity index (χ0v) is 5.13. The molecule has 0 spiro atoms. The van der Waals surface area contributed by atoms with Crippen LogP contribution in [0.3, 0.4) is 0 Å². The molecule has 0 saturated heterocycles. The van der Waals surface area contributed by atoms with E-state index in [1.807, 2.05) is 6.08 Å². The van der Waals surface area contributed by atoms with Crippen LogP contribution in [0.1, 0.15) is 6.42 Å². The number of carbonyl (C=O) groups is 1. The molecule has 0 fully saturated rings. The summed E-state index contributed by atoms with van der Waals surface area (Å²) in [4.78, 5) is 12.0. The Bertz CT molecular complexity index is 142. The third-order valence-corrected chi connectivity index (χ3v) is 1.29. The van der Waals surface area contributed by atoms with Gasteiger partial charge in [0.2, 0.25) is 0 Å². The van der Waals surface area contributed by atoms with Gasteiger partial charge in [-0.05, 0) is 12.5 Å². The molecule has 1 heterocycles. The first-order valence-corrected chi connectivity index (χ1v) is 2.90. The zero-order valence-electron chi connectivity index (χ0n) is 5.13. The molecule has 0 atom stereocenters. The predicted octanol–water partition coefficient (Wildman–Crippen LogP) is 0.130. The first-order valence-electron chi connectivity index (χ1n) is 2.90. The average molecular weight is 125 g/mol. The molecular formula is C6H9N2O. The van der Waals surface area contributed by atoms with E-state index in [0.29, 0.717) is 13.1 Å². The number of primary amides is 1. The molecule has 49 valence electrons. The van der Waals surface area contributed by atoms with E-state index < -0.39 is 0 Å². The predicted molar refractivity (Wildman–Crippen MR) is 33.6 cm³/mol. The number of hydrogen-bond donors (Lipinski definition) is 1. The highest BCUT2D eigenvalue weighted by Crippen LogP contribution is 1.97. The molecule has 1 aliphatic heterocycles. The molecule has 2 N–H and O–H groups in total. The van der Waals surface area contributed by atoms with Crippen molar-refractivity contribution in [1.82, 2.24) is 4.90 Å². The fraction of sp³-hybridized carbons (Fsp3) is 0.500. The van der Waals surface area contributed by atoms with Gasteiger partial charge in [-0.2, -0.15) is 0 Å². The first-order chi connectivity index (χ1) is 4.30. The molecule has 0 aromatic carbocycles. The van der Waals surface area contributed by atoms with Gasteiger partial charge in [0.15, 0.2) is 0 Å². The first kappa shape index (κ1) is 6.13. The Kier molecular flexibility index (Phi) is 1.72. The van der Waals surface area contributed by atoms with E-state index in [2.05, 4.69) is 6.08 Å². The highest BCUT2D eigenvalue weighted by atomic mass is 16.2. The number of hydrogen-bond acceptors (Lipinski definition) is 1. The zero-order chi connectivity index (χ0) is 6.69. The van der Waals surface area contributed by atoms with Crippen molar-refractivity contribution < 1.29 is 4.79 Å². The van der Waals surface area contributed by atoms with Gasteiger partial charge in [-0.15, -0.1) is 0 Å². The largest absolute Gasteiger partial charge is 0.351 e. The van der Waals surface area contributed by atoms with E-state index in [-0.39, 0.29) is 6.03 Å². The smallest absolute Gasteiger partial charge is 0.315 e. The average Bonchev–Trinajstić information content (AvgIpc) is 1.90. The van der Waals surface area contributed by atoms with Crippen LogP contribution in [0, 0.1) is 6.08 Å². The van der Waals surface area contributed by atoms with Crippen molar-refractivity contribution >= 4 is 6.03 Å². The number of rotatable bonds is 0. The van der Waals surface area contributed by atoms with E-state index >= 15 is 0 Å². The molecule has 3 heteroatoms. The van der Waals surface area contributed by atoms with Crippen molar-refractivity contribution in [1.29, 1.82) is 0 Å². The summed E-state index contributed by atoms with van der Waals surface area (Å²) in [5.74, 6) is 0. The van der Waals surface area contributed by atoms with Crippen LogP contribution in [0.25, 0.3) is 0 Å². The van der Waals surface area contributed by atoms with Gasteiger partial charge in [-0.25, -0.2) is 4.79 Å². The van der Waals surface area contributed by atoms with Crippen molar-refractivity contribution in [2.24, 2.45) is 5.73 Å². The lowest BCUT2D eigenvalue weighted by molar-refractivity contribution is 0.212. The second-order valence-electron chi connectivity index (χ2n) is 1.94. The Labute approximate surface area is 54.1 Å². The van der Waals surface area contributed by atoms with E-state index in [0.717, 1.165) is 6.42 Å². The Morgan fingerprint density at radius 2 is 2.56 bits per heavy atom.